The van der Waals surface area contributed by atoms with Gasteiger partial charge in [0.1, 0.15) is 0 Å². The molecule has 0 aliphatic rings. The summed E-state index contributed by atoms with van der Waals surface area (Å²) in [4.78, 5) is 22.4. The van der Waals surface area contributed by atoms with E-state index in [4.69, 9.17) is 4.74 Å². The Hall–Kier alpha value is -2.89. The van der Waals surface area contributed by atoms with E-state index in [9.17, 15) is 14.9 Å². The number of nitro groups is 1. The minimum Gasteiger partial charge on any atom is -0.477 e. The van der Waals surface area contributed by atoms with E-state index in [1.165, 1.54) is 17.7 Å². The lowest BCUT2D eigenvalue weighted by molar-refractivity contribution is -0.385. The monoisotopic (exact) mass is 342 g/mol. The van der Waals surface area contributed by atoms with Crippen molar-refractivity contribution in [3.05, 3.63) is 69.8 Å². The van der Waals surface area contributed by atoms with E-state index in [-0.39, 0.29) is 30.0 Å². The molecule has 2 aromatic carbocycles. The summed E-state index contributed by atoms with van der Waals surface area (Å²) < 4.78 is 5.29. The number of hydrogen-bond donors (Lipinski definition) is 1. The highest BCUT2D eigenvalue weighted by Gasteiger charge is 2.16. The van der Waals surface area contributed by atoms with Crippen molar-refractivity contribution in [2.24, 2.45) is 0 Å². The fourth-order valence-electron chi connectivity index (χ4n) is 2.41. The van der Waals surface area contributed by atoms with E-state index in [1.54, 1.807) is 12.1 Å². The van der Waals surface area contributed by atoms with Gasteiger partial charge in [-0.15, -0.1) is 0 Å². The normalized spacial score (nSPS) is 11.8. The van der Waals surface area contributed by atoms with Gasteiger partial charge in [0.05, 0.1) is 11.0 Å². The van der Waals surface area contributed by atoms with Crippen molar-refractivity contribution in [3.63, 3.8) is 0 Å². The van der Waals surface area contributed by atoms with Crippen LogP contribution in [-0.4, -0.2) is 17.4 Å². The molecule has 132 valence electrons. The summed E-state index contributed by atoms with van der Waals surface area (Å²) >= 11 is 0. The molecule has 0 saturated carbocycles. The van der Waals surface area contributed by atoms with Crippen LogP contribution in [-0.2, 0) is 4.79 Å². The Morgan fingerprint density at radius 1 is 1.08 bits per heavy atom. The topological polar surface area (TPSA) is 81.5 Å². The van der Waals surface area contributed by atoms with Crippen LogP contribution in [0.15, 0.2) is 48.5 Å². The number of carbonyl (C=O) groups is 1. The largest absolute Gasteiger partial charge is 0.477 e. The summed E-state index contributed by atoms with van der Waals surface area (Å²) in [5.41, 5.74) is 2.07. The maximum Gasteiger partial charge on any atom is 0.310 e. The number of hydrogen-bond acceptors (Lipinski definition) is 4. The fraction of sp³-hybridized carbons (Fsp3) is 0.316. The van der Waals surface area contributed by atoms with Crippen LogP contribution in [0.2, 0.25) is 0 Å². The zero-order chi connectivity index (χ0) is 18.4. The fourth-order valence-corrected chi connectivity index (χ4v) is 2.41. The first-order valence-corrected chi connectivity index (χ1v) is 8.14. The molecule has 6 nitrogen and oxygen atoms in total. The maximum absolute atomic E-state index is 12.1. The third kappa shape index (κ3) is 5.04. The van der Waals surface area contributed by atoms with Crippen LogP contribution < -0.4 is 10.1 Å². The van der Waals surface area contributed by atoms with E-state index in [2.05, 4.69) is 19.2 Å². The maximum atomic E-state index is 12.1. The number of benzene rings is 2. The van der Waals surface area contributed by atoms with Crippen LogP contribution >= 0.6 is 0 Å². The molecule has 6 heteroatoms. The number of nitro benzene ring substituents is 1. The first kappa shape index (κ1) is 18.4. The van der Waals surface area contributed by atoms with Crippen LogP contribution in [0.25, 0.3) is 0 Å². The molecular weight excluding hydrogens is 320 g/mol. The number of carbonyl (C=O) groups excluding carboxylic acids is 1. The molecule has 0 bridgehead atoms. The number of ether oxygens (including phenoxy) is 1. The quantitative estimate of drug-likeness (QED) is 0.609. The predicted octanol–water partition coefficient (Wildman–Crippen LogP) is 3.97. The number of rotatable bonds is 7. The molecule has 1 atom stereocenters. The van der Waals surface area contributed by atoms with Gasteiger partial charge < -0.3 is 10.1 Å². The zero-order valence-corrected chi connectivity index (χ0v) is 14.6. The summed E-state index contributed by atoms with van der Waals surface area (Å²) in [6.45, 7) is 5.85. The number of nitrogens with one attached hydrogen (secondary N) is 1. The lowest BCUT2D eigenvalue weighted by atomic mass is 9.99. The predicted molar refractivity (Wildman–Crippen MR) is 95.7 cm³/mol. The van der Waals surface area contributed by atoms with Crippen LogP contribution in [0.3, 0.4) is 0 Å². The van der Waals surface area contributed by atoms with Gasteiger partial charge in [0.2, 0.25) is 0 Å². The number of para-hydroxylation sites is 2. The smallest absolute Gasteiger partial charge is 0.310 e. The lowest BCUT2D eigenvalue weighted by Gasteiger charge is -2.16. The molecule has 0 aliphatic carbocycles. The molecule has 1 N–H and O–H groups in total. The summed E-state index contributed by atoms with van der Waals surface area (Å²) in [6.07, 6.45) is 0. The lowest BCUT2D eigenvalue weighted by Crippen LogP contribution is -2.31. The molecule has 0 heterocycles. The highest BCUT2D eigenvalue weighted by Crippen LogP contribution is 2.25. The molecule has 1 amide bonds. The highest BCUT2D eigenvalue weighted by atomic mass is 16.6. The standard InChI is InChI=1S/C19H22N2O4/c1-13(2)15-8-10-16(11-9-15)14(3)20-19(22)12-25-18-7-5-4-6-17(18)21(23)24/h4-11,13-14H,12H2,1-3H3,(H,20,22). The molecule has 25 heavy (non-hydrogen) atoms. The molecular formula is C19H22N2O4. The molecule has 0 aliphatic heterocycles. The van der Waals surface area contributed by atoms with Crippen molar-refractivity contribution >= 4 is 11.6 Å². The van der Waals surface area contributed by atoms with Crippen molar-refractivity contribution in [2.45, 2.75) is 32.7 Å². The van der Waals surface area contributed by atoms with E-state index in [1.807, 2.05) is 31.2 Å². The van der Waals surface area contributed by atoms with Crippen molar-refractivity contribution in [1.82, 2.24) is 5.32 Å². The van der Waals surface area contributed by atoms with E-state index >= 15 is 0 Å². The molecule has 0 radical (unpaired) electrons. The molecule has 0 spiro atoms. The molecule has 1 unspecified atom stereocenters. The van der Waals surface area contributed by atoms with Gasteiger partial charge in [0, 0.05) is 6.07 Å². The Morgan fingerprint density at radius 3 is 2.28 bits per heavy atom. The second-order valence-corrected chi connectivity index (χ2v) is 6.12. The molecule has 0 aromatic heterocycles. The van der Waals surface area contributed by atoms with Crippen molar-refractivity contribution in [3.8, 4) is 5.75 Å². The Labute approximate surface area is 147 Å². The van der Waals surface area contributed by atoms with Crippen molar-refractivity contribution in [1.29, 1.82) is 0 Å². The highest BCUT2D eigenvalue weighted by molar-refractivity contribution is 5.78. The van der Waals surface area contributed by atoms with Gasteiger partial charge in [0.25, 0.3) is 5.91 Å². The Morgan fingerprint density at radius 2 is 1.68 bits per heavy atom. The molecule has 2 aromatic rings. The van der Waals surface area contributed by atoms with Gasteiger partial charge in [-0.25, -0.2) is 0 Å². The first-order valence-electron chi connectivity index (χ1n) is 8.14. The minimum atomic E-state index is -0.536. The van der Waals surface area contributed by atoms with Gasteiger partial charge in [-0.3, -0.25) is 14.9 Å². The van der Waals surface area contributed by atoms with Gasteiger partial charge in [-0.2, -0.15) is 0 Å². The van der Waals surface area contributed by atoms with Crippen molar-refractivity contribution < 1.29 is 14.5 Å². The van der Waals surface area contributed by atoms with Crippen LogP contribution in [0.1, 0.15) is 43.9 Å². The average Bonchev–Trinajstić information content (AvgIpc) is 2.60. The van der Waals surface area contributed by atoms with Crippen LogP contribution in [0, 0.1) is 10.1 Å². The molecule has 2 rings (SSSR count). The SMILES string of the molecule is CC(C)c1ccc(C(C)NC(=O)COc2ccccc2[N+](=O)[O-])cc1. The van der Waals surface area contributed by atoms with Gasteiger partial charge in [0.15, 0.2) is 12.4 Å². The second-order valence-electron chi connectivity index (χ2n) is 6.12. The summed E-state index contributed by atoms with van der Waals surface area (Å²) in [7, 11) is 0. The number of amides is 1. The summed E-state index contributed by atoms with van der Waals surface area (Å²) in [5, 5.41) is 13.8. The van der Waals surface area contributed by atoms with Crippen LogP contribution in [0.5, 0.6) is 5.75 Å². The van der Waals surface area contributed by atoms with Crippen molar-refractivity contribution in [2.75, 3.05) is 6.61 Å². The minimum absolute atomic E-state index is 0.0802. The Bertz CT molecular complexity index is 741. The van der Waals surface area contributed by atoms with E-state index in [0.717, 1.165) is 5.56 Å². The van der Waals surface area contributed by atoms with Crippen LogP contribution in [0.4, 0.5) is 5.69 Å². The average molecular weight is 342 g/mol. The van der Waals surface area contributed by atoms with Gasteiger partial charge >= 0.3 is 5.69 Å². The Kier molecular flexibility index (Phi) is 6.11. The third-order valence-electron chi connectivity index (χ3n) is 3.90. The van der Waals surface area contributed by atoms with Gasteiger partial charge in [-0.1, -0.05) is 50.2 Å². The first-order chi connectivity index (χ1) is 11.9. The van der Waals surface area contributed by atoms with Gasteiger partial charge in [-0.05, 0) is 30.0 Å². The Balaban J connectivity index is 1.93. The summed E-state index contributed by atoms with van der Waals surface area (Å²) in [6, 6.07) is 13.9. The molecule has 0 fully saturated rings. The number of nitrogens with zero attached hydrogens (tertiary/aromatic N) is 1. The third-order valence-corrected chi connectivity index (χ3v) is 3.90. The summed E-state index contributed by atoms with van der Waals surface area (Å²) in [5.74, 6) is 0.198. The second kappa shape index (κ2) is 8.28. The zero-order valence-electron chi connectivity index (χ0n) is 14.6. The van der Waals surface area contributed by atoms with E-state index in [0.29, 0.717) is 5.92 Å². The van der Waals surface area contributed by atoms with E-state index < -0.39 is 4.92 Å². The molecule has 0 saturated heterocycles.